The summed E-state index contributed by atoms with van der Waals surface area (Å²) in [4.78, 5) is 24.3. The first-order chi connectivity index (χ1) is 9.43. The smallest absolute Gasteiger partial charge is 0.317 e. The molecular weight excluding hydrogens is 256 g/mol. The van der Waals surface area contributed by atoms with Gasteiger partial charge in [-0.25, -0.2) is 4.79 Å². The SMILES string of the molecule is CCC(CNC(=O)N(C)Cc1cccc(C)c1)C(=O)O. The lowest BCUT2D eigenvalue weighted by Crippen LogP contribution is -2.40. The number of urea groups is 1. The number of nitrogens with zero attached hydrogens (tertiary/aromatic N) is 1. The van der Waals surface area contributed by atoms with Gasteiger partial charge in [-0.05, 0) is 18.9 Å². The molecule has 0 saturated heterocycles. The number of hydrogen-bond donors (Lipinski definition) is 2. The number of carboxylic acids is 1. The van der Waals surface area contributed by atoms with Crippen molar-refractivity contribution in [3.63, 3.8) is 0 Å². The predicted molar refractivity (Wildman–Crippen MR) is 77.5 cm³/mol. The predicted octanol–water partition coefficient (Wildman–Crippen LogP) is 2.25. The van der Waals surface area contributed by atoms with Crippen molar-refractivity contribution >= 4 is 12.0 Å². The van der Waals surface area contributed by atoms with Gasteiger partial charge >= 0.3 is 12.0 Å². The van der Waals surface area contributed by atoms with Gasteiger partial charge in [0.05, 0.1) is 5.92 Å². The van der Waals surface area contributed by atoms with Crippen LogP contribution < -0.4 is 5.32 Å². The monoisotopic (exact) mass is 278 g/mol. The summed E-state index contributed by atoms with van der Waals surface area (Å²) in [6.45, 7) is 4.45. The standard InChI is InChI=1S/C15H22N2O3/c1-4-13(14(18)19)9-16-15(20)17(3)10-12-7-5-6-11(2)8-12/h5-8,13H,4,9-10H2,1-3H3,(H,16,20)(H,18,19). The van der Waals surface area contributed by atoms with Gasteiger partial charge in [-0.3, -0.25) is 4.79 Å². The first-order valence-electron chi connectivity index (χ1n) is 6.71. The Labute approximate surface area is 119 Å². The number of carbonyl (C=O) groups excluding carboxylic acids is 1. The van der Waals surface area contributed by atoms with E-state index in [0.717, 1.165) is 11.1 Å². The fourth-order valence-corrected chi connectivity index (χ4v) is 1.91. The molecule has 0 heterocycles. The molecule has 0 spiro atoms. The third kappa shape index (κ3) is 4.91. The van der Waals surface area contributed by atoms with Crippen LogP contribution in [0.15, 0.2) is 24.3 Å². The van der Waals surface area contributed by atoms with Gasteiger partial charge in [0.25, 0.3) is 0 Å². The van der Waals surface area contributed by atoms with E-state index in [1.807, 2.05) is 31.2 Å². The van der Waals surface area contributed by atoms with Crippen LogP contribution >= 0.6 is 0 Å². The van der Waals surface area contributed by atoms with Gasteiger partial charge in [-0.15, -0.1) is 0 Å². The summed E-state index contributed by atoms with van der Waals surface area (Å²) in [6.07, 6.45) is 0.497. The molecule has 0 fully saturated rings. The number of carbonyl (C=O) groups is 2. The van der Waals surface area contributed by atoms with E-state index >= 15 is 0 Å². The van der Waals surface area contributed by atoms with Crippen LogP contribution in [0, 0.1) is 12.8 Å². The molecule has 20 heavy (non-hydrogen) atoms. The number of benzene rings is 1. The van der Waals surface area contributed by atoms with E-state index in [2.05, 4.69) is 5.32 Å². The summed E-state index contributed by atoms with van der Waals surface area (Å²) in [6, 6.07) is 7.68. The lowest BCUT2D eigenvalue weighted by Gasteiger charge is -2.19. The van der Waals surface area contributed by atoms with Crippen molar-refractivity contribution in [3.8, 4) is 0 Å². The summed E-state index contributed by atoms with van der Waals surface area (Å²) in [5.74, 6) is -1.42. The van der Waals surface area contributed by atoms with Crippen molar-refractivity contribution in [3.05, 3.63) is 35.4 Å². The van der Waals surface area contributed by atoms with Crippen LogP contribution in [0.4, 0.5) is 4.79 Å². The Morgan fingerprint density at radius 3 is 2.65 bits per heavy atom. The molecule has 0 bridgehead atoms. The zero-order valence-corrected chi connectivity index (χ0v) is 12.2. The molecule has 0 saturated carbocycles. The zero-order valence-electron chi connectivity index (χ0n) is 12.2. The van der Waals surface area contributed by atoms with Crippen LogP contribution in [0.1, 0.15) is 24.5 Å². The Kier molecular flexibility index (Phi) is 6.03. The normalized spacial score (nSPS) is 11.8. The molecule has 5 nitrogen and oxygen atoms in total. The molecule has 1 aromatic rings. The van der Waals surface area contributed by atoms with E-state index in [0.29, 0.717) is 13.0 Å². The van der Waals surface area contributed by atoms with E-state index in [1.165, 1.54) is 0 Å². The van der Waals surface area contributed by atoms with Gasteiger partial charge < -0.3 is 15.3 Å². The fourth-order valence-electron chi connectivity index (χ4n) is 1.91. The number of carboxylic acid groups (broad SMARTS) is 1. The quantitative estimate of drug-likeness (QED) is 0.838. The Balaban J connectivity index is 2.49. The van der Waals surface area contributed by atoms with Crippen molar-refractivity contribution in [2.45, 2.75) is 26.8 Å². The highest BCUT2D eigenvalue weighted by molar-refractivity contribution is 5.75. The molecule has 2 N–H and O–H groups in total. The van der Waals surface area contributed by atoms with Crippen LogP contribution in [-0.4, -0.2) is 35.6 Å². The third-order valence-electron chi connectivity index (χ3n) is 3.19. The molecule has 0 aliphatic rings. The maximum Gasteiger partial charge on any atom is 0.317 e. The summed E-state index contributed by atoms with van der Waals surface area (Å²) < 4.78 is 0. The fraction of sp³-hybridized carbons (Fsp3) is 0.467. The summed E-state index contributed by atoms with van der Waals surface area (Å²) in [7, 11) is 1.69. The Morgan fingerprint density at radius 2 is 2.10 bits per heavy atom. The molecule has 1 atom stereocenters. The van der Waals surface area contributed by atoms with Gasteiger partial charge in [-0.2, -0.15) is 0 Å². The lowest BCUT2D eigenvalue weighted by atomic mass is 10.1. The van der Waals surface area contributed by atoms with Crippen molar-refractivity contribution in [1.82, 2.24) is 10.2 Å². The second-order valence-electron chi connectivity index (χ2n) is 4.97. The second-order valence-corrected chi connectivity index (χ2v) is 4.97. The Hall–Kier alpha value is -2.04. The van der Waals surface area contributed by atoms with Crippen molar-refractivity contribution in [1.29, 1.82) is 0 Å². The Morgan fingerprint density at radius 1 is 1.40 bits per heavy atom. The van der Waals surface area contributed by atoms with Crippen LogP contribution in [0.3, 0.4) is 0 Å². The molecule has 2 amide bonds. The highest BCUT2D eigenvalue weighted by Gasteiger charge is 2.17. The minimum Gasteiger partial charge on any atom is -0.481 e. The van der Waals surface area contributed by atoms with Gasteiger partial charge in [0.2, 0.25) is 0 Å². The van der Waals surface area contributed by atoms with Crippen molar-refractivity contribution < 1.29 is 14.7 Å². The summed E-state index contributed by atoms with van der Waals surface area (Å²) in [5, 5.41) is 11.6. The van der Waals surface area contributed by atoms with E-state index < -0.39 is 11.9 Å². The lowest BCUT2D eigenvalue weighted by molar-refractivity contribution is -0.141. The number of aryl methyl sites for hydroxylation is 1. The minimum absolute atomic E-state index is 0.156. The van der Waals surface area contributed by atoms with E-state index in [-0.39, 0.29) is 12.6 Å². The maximum atomic E-state index is 11.9. The highest BCUT2D eigenvalue weighted by atomic mass is 16.4. The molecule has 1 rings (SSSR count). The van der Waals surface area contributed by atoms with Gasteiger partial charge in [0.1, 0.15) is 0 Å². The average Bonchev–Trinajstić information content (AvgIpc) is 2.38. The number of aliphatic carboxylic acids is 1. The zero-order chi connectivity index (χ0) is 15.1. The third-order valence-corrected chi connectivity index (χ3v) is 3.19. The molecule has 1 unspecified atom stereocenters. The van der Waals surface area contributed by atoms with E-state index in [1.54, 1.807) is 18.9 Å². The van der Waals surface area contributed by atoms with Crippen molar-refractivity contribution in [2.24, 2.45) is 5.92 Å². The molecule has 0 aliphatic heterocycles. The molecule has 0 aliphatic carbocycles. The Bertz CT molecular complexity index is 474. The molecule has 0 radical (unpaired) electrons. The molecular formula is C15H22N2O3. The molecule has 0 aromatic heterocycles. The summed E-state index contributed by atoms with van der Waals surface area (Å²) >= 11 is 0. The number of nitrogens with one attached hydrogen (secondary N) is 1. The minimum atomic E-state index is -0.880. The second kappa shape index (κ2) is 7.53. The van der Waals surface area contributed by atoms with Crippen LogP contribution in [0.2, 0.25) is 0 Å². The molecule has 1 aromatic carbocycles. The first kappa shape index (κ1) is 16.0. The number of amides is 2. The van der Waals surface area contributed by atoms with Crippen LogP contribution in [-0.2, 0) is 11.3 Å². The highest BCUT2D eigenvalue weighted by Crippen LogP contribution is 2.07. The largest absolute Gasteiger partial charge is 0.481 e. The van der Waals surface area contributed by atoms with Gasteiger partial charge in [0.15, 0.2) is 0 Å². The van der Waals surface area contributed by atoms with Crippen molar-refractivity contribution in [2.75, 3.05) is 13.6 Å². The maximum absolute atomic E-state index is 11.9. The van der Waals surface area contributed by atoms with Gasteiger partial charge in [-0.1, -0.05) is 36.8 Å². The number of rotatable bonds is 6. The van der Waals surface area contributed by atoms with Crippen LogP contribution in [0.25, 0.3) is 0 Å². The van der Waals surface area contributed by atoms with E-state index in [4.69, 9.17) is 5.11 Å². The molecule has 110 valence electrons. The van der Waals surface area contributed by atoms with E-state index in [9.17, 15) is 9.59 Å². The average molecular weight is 278 g/mol. The first-order valence-corrected chi connectivity index (χ1v) is 6.71. The van der Waals surface area contributed by atoms with Gasteiger partial charge in [0, 0.05) is 20.1 Å². The van der Waals surface area contributed by atoms with Crippen LogP contribution in [0.5, 0.6) is 0 Å². The number of hydrogen-bond acceptors (Lipinski definition) is 2. The summed E-state index contributed by atoms with van der Waals surface area (Å²) in [5.41, 5.74) is 2.20. The molecule has 5 heteroatoms. The topological polar surface area (TPSA) is 69.6 Å².